The van der Waals surface area contributed by atoms with E-state index >= 15 is 0 Å². The Balaban J connectivity index is 1.49. The van der Waals surface area contributed by atoms with Crippen molar-refractivity contribution >= 4 is 28.4 Å². The number of ether oxygens (including phenoxy) is 1. The monoisotopic (exact) mass is 451 g/mol. The van der Waals surface area contributed by atoms with Crippen molar-refractivity contribution < 1.29 is 4.74 Å². The van der Waals surface area contributed by atoms with Crippen molar-refractivity contribution in [3.8, 4) is 17.1 Å². The first-order chi connectivity index (χ1) is 16.3. The average Bonchev–Trinajstić information content (AvgIpc) is 3.14. The van der Waals surface area contributed by atoms with Gasteiger partial charge in [0, 0.05) is 40.5 Å². The average molecular weight is 452 g/mol. The summed E-state index contributed by atoms with van der Waals surface area (Å²) in [6.07, 6.45) is 3.68. The lowest BCUT2D eigenvalue weighted by molar-refractivity contribution is 0.226. The molecule has 0 saturated carbocycles. The Morgan fingerprint density at radius 2 is 1.73 bits per heavy atom. The minimum atomic E-state index is -0.430. The van der Waals surface area contributed by atoms with Gasteiger partial charge in [0.25, 0.3) is 0 Å². The number of anilines is 1. The van der Waals surface area contributed by atoms with E-state index in [1.54, 1.807) is 0 Å². The van der Waals surface area contributed by atoms with Crippen LogP contribution in [0.4, 0.5) is 5.69 Å². The fourth-order valence-corrected chi connectivity index (χ4v) is 4.57. The smallest absolute Gasteiger partial charge is 0.247 e. The first-order valence-electron chi connectivity index (χ1n) is 10.7. The largest absolute Gasteiger partial charge is 0.448 e. The topological polar surface area (TPSA) is 64.9 Å². The summed E-state index contributed by atoms with van der Waals surface area (Å²) in [6.45, 7) is 0.779. The van der Waals surface area contributed by atoms with Crippen molar-refractivity contribution in [1.29, 1.82) is 0 Å². The molecule has 7 heteroatoms. The highest BCUT2D eigenvalue weighted by Crippen LogP contribution is 2.41. The Labute approximate surface area is 195 Å². The molecule has 1 aliphatic heterocycles. The van der Waals surface area contributed by atoms with Crippen molar-refractivity contribution in [2.75, 3.05) is 11.6 Å². The van der Waals surface area contributed by atoms with Gasteiger partial charge in [-0.2, -0.15) is 4.98 Å². The predicted molar refractivity (Wildman–Crippen MR) is 132 cm³/mol. The van der Waals surface area contributed by atoms with Crippen molar-refractivity contribution in [2.45, 2.75) is 17.9 Å². The highest BCUT2D eigenvalue weighted by Gasteiger charge is 2.28. The summed E-state index contributed by atoms with van der Waals surface area (Å²) in [5.74, 6) is 0.483. The summed E-state index contributed by atoms with van der Waals surface area (Å²) in [4.78, 5) is 4.64. The third-order valence-electron chi connectivity index (χ3n) is 5.81. The Morgan fingerprint density at radius 3 is 2.61 bits per heavy atom. The van der Waals surface area contributed by atoms with E-state index in [0.717, 1.165) is 34.3 Å². The molecule has 3 aromatic carbocycles. The molecule has 0 radical (unpaired) electrons. The predicted octanol–water partition coefficient (Wildman–Crippen LogP) is 5.77. The molecule has 1 aliphatic rings. The van der Waals surface area contributed by atoms with E-state index in [9.17, 15) is 0 Å². The van der Waals surface area contributed by atoms with Crippen LogP contribution in [0.1, 0.15) is 17.4 Å². The maximum absolute atomic E-state index is 6.49. The lowest BCUT2D eigenvalue weighted by atomic mass is 10.1. The molecular weight excluding hydrogens is 430 g/mol. The van der Waals surface area contributed by atoms with Crippen LogP contribution in [-0.4, -0.2) is 26.0 Å². The normalized spacial score (nSPS) is 14.6. The number of para-hydroxylation sites is 2. The Morgan fingerprint density at radius 1 is 0.939 bits per heavy atom. The van der Waals surface area contributed by atoms with E-state index in [1.165, 1.54) is 17.3 Å². The van der Waals surface area contributed by atoms with Gasteiger partial charge in [0.2, 0.25) is 11.0 Å². The summed E-state index contributed by atoms with van der Waals surface area (Å²) < 4.78 is 8.76. The van der Waals surface area contributed by atoms with Crippen LogP contribution < -0.4 is 10.1 Å². The van der Waals surface area contributed by atoms with E-state index < -0.39 is 6.23 Å². The minimum Gasteiger partial charge on any atom is -0.448 e. The van der Waals surface area contributed by atoms with Gasteiger partial charge in [-0.25, -0.2) is 0 Å². The molecular formula is C26H21N5OS. The fraction of sp³-hybridized carbons (Fsp3) is 0.115. The zero-order valence-electron chi connectivity index (χ0n) is 18.0. The summed E-state index contributed by atoms with van der Waals surface area (Å²) >= 11 is 1.45. The summed E-state index contributed by atoms with van der Waals surface area (Å²) in [5.41, 5.74) is 5.96. The van der Waals surface area contributed by atoms with Crippen molar-refractivity contribution in [2.24, 2.45) is 0 Å². The first-order valence-corrected chi connectivity index (χ1v) is 12.0. The maximum atomic E-state index is 6.49. The van der Waals surface area contributed by atoms with Gasteiger partial charge < -0.3 is 14.6 Å². The molecule has 1 atom stereocenters. The summed E-state index contributed by atoms with van der Waals surface area (Å²) in [7, 11) is 0. The Bertz CT molecular complexity index is 1450. The van der Waals surface area contributed by atoms with Gasteiger partial charge in [0.15, 0.2) is 11.9 Å². The van der Waals surface area contributed by atoms with Crippen LogP contribution in [0, 0.1) is 0 Å². The molecule has 0 amide bonds. The number of nitrogens with zero attached hydrogens (tertiary/aromatic N) is 4. The van der Waals surface area contributed by atoms with Crippen LogP contribution in [0.15, 0.2) is 90.2 Å². The third kappa shape index (κ3) is 3.60. The van der Waals surface area contributed by atoms with E-state index in [0.29, 0.717) is 16.7 Å². The van der Waals surface area contributed by atoms with Crippen LogP contribution in [0.25, 0.3) is 22.2 Å². The first kappa shape index (κ1) is 19.8. The van der Waals surface area contributed by atoms with Gasteiger partial charge in [-0.05, 0) is 24.0 Å². The molecule has 0 saturated heterocycles. The zero-order valence-corrected chi connectivity index (χ0v) is 18.8. The van der Waals surface area contributed by atoms with Crippen LogP contribution >= 0.6 is 11.8 Å². The Kier molecular flexibility index (Phi) is 4.96. The molecule has 0 aliphatic carbocycles. The molecule has 0 fully saturated rings. The van der Waals surface area contributed by atoms with Gasteiger partial charge in [0.1, 0.15) is 0 Å². The van der Waals surface area contributed by atoms with Gasteiger partial charge >= 0.3 is 0 Å². The molecule has 5 aromatic rings. The molecule has 0 spiro atoms. The number of rotatable bonds is 4. The maximum Gasteiger partial charge on any atom is 0.247 e. The SMILES string of the molecule is CSc1nnc2c(n1)OC(c1cn(Cc3ccccc3)c3ccccc13)Nc1ccccc1-2. The van der Waals surface area contributed by atoms with E-state index in [-0.39, 0.29) is 0 Å². The van der Waals surface area contributed by atoms with Crippen molar-refractivity contribution in [3.63, 3.8) is 0 Å². The van der Waals surface area contributed by atoms with Crippen LogP contribution in [0.3, 0.4) is 0 Å². The number of benzene rings is 3. The molecule has 1 N–H and O–H groups in total. The van der Waals surface area contributed by atoms with Crippen LogP contribution in [0.2, 0.25) is 0 Å². The highest BCUT2D eigenvalue weighted by atomic mass is 32.2. The van der Waals surface area contributed by atoms with E-state index in [4.69, 9.17) is 4.74 Å². The third-order valence-corrected chi connectivity index (χ3v) is 6.35. The van der Waals surface area contributed by atoms with E-state index in [1.807, 2.05) is 36.6 Å². The number of aromatic nitrogens is 4. The number of fused-ring (bicyclic) bond motifs is 4. The molecule has 162 valence electrons. The summed E-state index contributed by atoms with van der Waals surface area (Å²) in [5, 5.41) is 14.0. The minimum absolute atomic E-state index is 0.430. The van der Waals surface area contributed by atoms with Gasteiger partial charge in [-0.15, -0.1) is 10.2 Å². The lowest BCUT2D eigenvalue weighted by Crippen LogP contribution is -2.17. The zero-order chi connectivity index (χ0) is 22.2. The molecule has 1 unspecified atom stereocenters. The molecule has 3 heterocycles. The van der Waals surface area contributed by atoms with Crippen molar-refractivity contribution in [1.82, 2.24) is 19.7 Å². The quantitative estimate of drug-likeness (QED) is 0.350. The summed E-state index contributed by atoms with van der Waals surface area (Å²) in [6, 6.07) is 26.9. The number of hydrogen-bond donors (Lipinski definition) is 1. The van der Waals surface area contributed by atoms with Gasteiger partial charge in [0.05, 0.1) is 0 Å². The number of hydrogen-bond acceptors (Lipinski definition) is 6. The molecule has 33 heavy (non-hydrogen) atoms. The second-order valence-electron chi connectivity index (χ2n) is 7.86. The number of thioether (sulfide) groups is 1. The standard InChI is InChI=1S/C26H21N5OS/c1-33-26-28-25-23(29-30-26)19-12-5-7-13-21(19)27-24(32-25)20-16-31(15-17-9-3-2-4-10-17)22-14-8-6-11-18(20)22/h2-14,16,24,27H,15H2,1H3. The number of nitrogens with one attached hydrogen (secondary N) is 1. The van der Waals surface area contributed by atoms with Crippen LogP contribution in [0.5, 0.6) is 5.88 Å². The molecule has 2 aromatic heterocycles. The van der Waals surface area contributed by atoms with E-state index in [2.05, 4.69) is 79.8 Å². The van der Waals surface area contributed by atoms with Gasteiger partial charge in [-0.1, -0.05) is 78.5 Å². The lowest BCUT2D eigenvalue weighted by Gasteiger charge is -2.18. The van der Waals surface area contributed by atoms with Crippen molar-refractivity contribution in [3.05, 3.63) is 96.2 Å². The molecule has 6 rings (SSSR count). The fourth-order valence-electron chi connectivity index (χ4n) is 4.27. The molecule has 0 bridgehead atoms. The van der Waals surface area contributed by atoms with Crippen LogP contribution in [-0.2, 0) is 6.54 Å². The second-order valence-corrected chi connectivity index (χ2v) is 8.63. The molecule has 6 nitrogen and oxygen atoms in total. The second kappa shape index (κ2) is 8.26. The Hall–Kier alpha value is -3.84. The highest BCUT2D eigenvalue weighted by molar-refractivity contribution is 7.98. The van der Waals surface area contributed by atoms with Gasteiger partial charge in [-0.3, -0.25) is 0 Å².